The maximum Gasteiger partial charge on any atom is 0.0991 e. The lowest BCUT2D eigenvalue weighted by molar-refractivity contribution is 0.271. The number of aliphatic hydroxyl groups excluding tert-OH is 1. The summed E-state index contributed by atoms with van der Waals surface area (Å²) in [6.07, 6.45) is 1.85. The molecule has 0 aromatic heterocycles. The summed E-state index contributed by atoms with van der Waals surface area (Å²) in [7, 11) is 0. The van der Waals surface area contributed by atoms with E-state index in [1.807, 2.05) is 24.3 Å². The first kappa shape index (κ1) is 13.9. The second-order valence-electron chi connectivity index (χ2n) is 5.07. The van der Waals surface area contributed by atoms with Crippen LogP contribution in [-0.4, -0.2) is 36.9 Å². The van der Waals surface area contributed by atoms with Gasteiger partial charge in [0.15, 0.2) is 0 Å². The number of nitrogens with zero attached hydrogens (tertiary/aromatic N) is 2. The SMILES string of the molecule is CC1CCNCC(CCO)N1c1ccc(C#N)cc1. The highest BCUT2D eigenvalue weighted by Gasteiger charge is 2.25. The fourth-order valence-electron chi connectivity index (χ4n) is 2.74. The summed E-state index contributed by atoms with van der Waals surface area (Å²) in [5.41, 5.74) is 1.82. The summed E-state index contributed by atoms with van der Waals surface area (Å²) >= 11 is 0. The van der Waals surface area contributed by atoms with Gasteiger partial charge in [0.05, 0.1) is 11.6 Å². The molecule has 4 nitrogen and oxygen atoms in total. The third-order valence-corrected chi connectivity index (χ3v) is 3.74. The lowest BCUT2D eigenvalue weighted by atomic mass is 10.1. The minimum atomic E-state index is 0.200. The van der Waals surface area contributed by atoms with Crippen molar-refractivity contribution >= 4 is 5.69 Å². The van der Waals surface area contributed by atoms with E-state index < -0.39 is 0 Å². The summed E-state index contributed by atoms with van der Waals surface area (Å²) in [6, 6.07) is 10.6. The van der Waals surface area contributed by atoms with Crippen LogP contribution in [-0.2, 0) is 0 Å². The van der Waals surface area contributed by atoms with E-state index in [1.165, 1.54) is 0 Å². The minimum absolute atomic E-state index is 0.200. The van der Waals surface area contributed by atoms with Gasteiger partial charge in [0.2, 0.25) is 0 Å². The molecule has 1 aliphatic rings. The van der Waals surface area contributed by atoms with E-state index in [-0.39, 0.29) is 6.61 Å². The quantitative estimate of drug-likeness (QED) is 0.863. The summed E-state index contributed by atoms with van der Waals surface area (Å²) in [6.45, 7) is 4.32. The molecule has 2 rings (SSSR count). The van der Waals surface area contributed by atoms with Crippen molar-refractivity contribution in [2.75, 3.05) is 24.6 Å². The number of nitrogens with one attached hydrogen (secondary N) is 1. The standard InChI is InChI=1S/C15H21N3O/c1-12-6-8-17-11-15(7-9-19)18(12)14-4-2-13(10-16)3-5-14/h2-5,12,15,17,19H,6-9,11H2,1H3. The van der Waals surface area contributed by atoms with E-state index in [9.17, 15) is 5.11 Å². The third kappa shape index (κ3) is 3.25. The van der Waals surface area contributed by atoms with Gasteiger partial charge in [-0.25, -0.2) is 0 Å². The van der Waals surface area contributed by atoms with Crippen LogP contribution in [0.2, 0.25) is 0 Å². The van der Waals surface area contributed by atoms with Gasteiger partial charge in [-0.2, -0.15) is 5.26 Å². The molecule has 1 heterocycles. The Morgan fingerprint density at radius 2 is 2.16 bits per heavy atom. The zero-order chi connectivity index (χ0) is 13.7. The van der Waals surface area contributed by atoms with Crippen molar-refractivity contribution in [2.24, 2.45) is 0 Å². The van der Waals surface area contributed by atoms with Gasteiger partial charge >= 0.3 is 0 Å². The van der Waals surface area contributed by atoms with E-state index in [4.69, 9.17) is 5.26 Å². The van der Waals surface area contributed by atoms with Crippen LogP contribution in [0.5, 0.6) is 0 Å². The monoisotopic (exact) mass is 259 g/mol. The van der Waals surface area contributed by atoms with Crippen LogP contribution in [0.4, 0.5) is 5.69 Å². The van der Waals surface area contributed by atoms with Crippen LogP contribution in [0.3, 0.4) is 0 Å². The zero-order valence-corrected chi connectivity index (χ0v) is 11.3. The number of nitriles is 1. The predicted molar refractivity (Wildman–Crippen MR) is 76.1 cm³/mol. The molecule has 4 heteroatoms. The van der Waals surface area contributed by atoms with Gasteiger partial charge in [0.25, 0.3) is 0 Å². The van der Waals surface area contributed by atoms with Crippen molar-refractivity contribution in [1.82, 2.24) is 5.32 Å². The molecule has 102 valence electrons. The molecule has 0 saturated carbocycles. The van der Waals surface area contributed by atoms with E-state index in [0.29, 0.717) is 17.6 Å². The number of rotatable bonds is 3. The lowest BCUT2D eigenvalue weighted by Crippen LogP contribution is -2.44. The van der Waals surface area contributed by atoms with E-state index in [0.717, 1.165) is 31.6 Å². The van der Waals surface area contributed by atoms with Crippen LogP contribution in [0, 0.1) is 11.3 Å². The molecule has 1 aliphatic heterocycles. The van der Waals surface area contributed by atoms with Crippen molar-refractivity contribution in [3.05, 3.63) is 29.8 Å². The molecule has 2 atom stereocenters. The number of benzene rings is 1. The molecule has 0 radical (unpaired) electrons. The Morgan fingerprint density at radius 1 is 1.42 bits per heavy atom. The van der Waals surface area contributed by atoms with Gasteiger partial charge in [-0.3, -0.25) is 0 Å². The van der Waals surface area contributed by atoms with Crippen LogP contribution >= 0.6 is 0 Å². The van der Waals surface area contributed by atoms with Gasteiger partial charge < -0.3 is 15.3 Å². The predicted octanol–water partition coefficient (Wildman–Crippen LogP) is 1.50. The molecular weight excluding hydrogens is 238 g/mol. The fraction of sp³-hybridized carbons (Fsp3) is 0.533. The molecule has 0 bridgehead atoms. The third-order valence-electron chi connectivity index (χ3n) is 3.74. The Balaban J connectivity index is 2.26. The molecule has 1 aromatic rings. The second-order valence-corrected chi connectivity index (χ2v) is 5.07. The van der Waals surface area contributed by atoms with Gasteiger partial charge in [-0.05, 0) is 50.6 Å². The highest BCUT2D eigenvalue weighted by molar-refractivity contribution is 5.51. The maximum absolute atomic E-state index is 9.25. The Labute approximate surface area is 114 Å². The van der Waals surface area contributed by atoms with Crippen LogP contribution < -0.4 is 10.2 Å². The van der Waals surface area contributed by atoms with Gasteiger partial charge in [0.1, 0.15) is 0 Å². The Kier molecular flexibility index (Phi) is 4.78. The topological polar surface area (TPSA) is 59.3 Å². The normalized spacial score (nSPS) is 23.7. The molecule has 0 spiro atoms. The summed E-state index contributed by atoms with van der Waals surface area (Å²) < 4.78 is 0. The Morgan fingerprint density at radius 3 is 2.79 bits per heavy atom. The van der Waals surface area contributed by atoms with E-state index in [1.54, 1.807) is 0 Å². The molecule has 1 fully saturated rings. The number of anilines is 1. The Hall–Kier alpha value is -1.57. The van der Waals surface area contributed by atoms with Crippen molar-refractivity contribution in [3.8, 4) is 6.07 Å². The van der Waals surface area contributed by atoms with Crippen LogP contribution in [0.15, 0.2) is 24.3 Å². The molecule has 2 unspecified atom stereocenters. The first-order valence-electron chi connectivity index (χ1n) is 6.86. The van der Waals surface area contributed by atoms with E-state index >= 15 is 0 Å². The molecule has 1 aromatic carbocycles. The first-order chi connectivity index (χ1) is 9.26. The minimum Gasteiger partial charge on any atom is -0.396 e. The van der Waals surface area contributed by atoms with E-state index in [2.05, 4.69) is 23.2 Å². The summed E-state index contributed by atoms with van der Waals surface area (Å²) in [5, 5.41) is 21.5. The smallest absolute Gasteiger partial charge is 0.0991 e. The fourth-order valence-corrected chi connectivity index (χ4v) is 2.74. The lowest BCUT2D eigenvalue weighted by Gasteiger charge is -2.36. The van der Waals surface area contributed by atoms with Gasteiger partial charge in [-0.1, -0.05) is 0 Å². The average molecular weight is 259 g/mol. The molecule has 2 N–H and O–H groups in total. The van der Waals surface area contributed by atoms with Crippen LogP contribution in [0.1, 0.15) is 25.3 Å². The molecule has 19 heavy (non-hydrogen) atoms. The van der Waals surface area contributed by atoms with Crippen molar-refractivity contribution < 1.29 is 5.11 Å². The maximum atomic E-state index is 9.25. The largest absolute Gasteiger partial charge is 0.396 e. The van der Waals surface area contributed by atoms with Crippen molar-refractivity contribution in [2.45, 2.75) is 31.8 Å². The van der Waals surface area contributed by atoms with Gasteiger partial charge in [-0.15, -0.1) is 0 Å². The molecule has 1 saturated heterocycles. The molecule has 0 amide bonds. The number of hydrogen-bond acceptors (Lipinski definition) is 4. The first-order valence-corrected chi connectivity index (χ1v) is 6.86. The highest BCUT2D eigenvalue weighted by Crippen LogP contribution is 2.24. The summed E-state index contributed by atoms with van der Waals surface area (Å²) in [5.74, 6) is 0. The molecule has 0 aliphatic carbocycles. The second kappa shape index (κ2) is 6.55. The number of aliphatic hydroxyl groups is 1. The van der Waals surface area contributed by atoms with Gasteiger partial charge in [0, 0.05) is 30.9 Å². The van der Waals surface area contributed by atoms with Crippen molar-refractivity contribution in [3.63, 3.8) is 0 Å². The average Bonchev–Trinajstić information content (AvgIpc) is 2.61. The number of hydrogen-bond donors (Lipinski definition) is 2. The Bertz CT molecular complexity index is 438. The van der Waals surface area contributed by atoms with Crippen molar-refractivity contribution in [1.29, 1.82) is 5.26 Å². The molecular formula is C15H21N3O. The highest BCUT2D eigenvalue weighted by atomic mass is 16.3. The zero-order valence-electron chi connectivity index (χ0n) is 11.3. The summed E-state index contributed by atoms with van der Waals surface area (Å²) in [4.78, 5) is 2.37. The van der Waals surface area contributed by atoms with Crippen LogP contribution in [0.25, 0.3) is 0 Å².